The largest absolute Gasteiger partial charge is 0.399 e. The van der Waals surface area contributed by atoms with Crippen LogP contribution in [0.4, 0.5) is 11.4 Å². The van der Waals surface area contributed by atoms with Crippen molar-refractivity contribution in [3.8, 4) is 6.07 Å². The van der Waals surface area contributed by atoms with Gasteiger partial charge in [-0.2, -0.15) is 5.26 Å². The van der Waals surface area contributed by atoms with E-state index in [0.717, 1.165) is 0 Å². The molecule has 0 saturated carbocycles. The summed E-state index contributed by atoms with van der Waals surface area (Å²) in [6, 6.07) is 6.76. The Bertz CT molecular complexity index is 462. The molecule has 0 atom stereocenters. The van der Waals surface area contributed by atoms with Crippen molar-refractivity contribution < 1.29 is 9.53 Å². The van der Waals surface area contributed by atoms with Crippen molar-refractivity contribution in [1.82, 2.24) is 4.90 Å². The van der Waals surface area contributed by atoms with Crippen molar-refractivity contribution in [2.45, 2.75) is 6.42 Å². The number of benzene rings is 1. The van der Waals surface area contributed by atoms with Gasteiger partial charge in [0.2, 0.25) is 0 Å². The van der Waals surface area contributed by atoms with Crippen LogP contribution in [0, 0.1) is 11.3 Å². The van der Waals surface area contributed by atoms with Gasteiger partial charge in [0.25, 0.3) is 5.91 Å². The third-order valence-corrected chi connectivity index (χ3v) is 2.57. The quantitative estimate of drug-likeness (QED) is 0.739. The molecule has 0 spiro atoms. The summed E-state index contributed by atoms with van der Waals surface area (Å²) in [5.41, 5.74) is 12.6. The zero-order chi connectivity index (χ0) is 14.3. The molecule has 0 unspecified atom stereocenters. The van der Waals surface area contributed by atoms with Crippen LogP contribution in [0.1, 0.15) is 16.8 Å². The van der Waals surface area contributed by atoms with Gasteiger partial charge in [0.15, 0.2) is 0 Å². The summed E-state index contributed by atoms with van der Waals surface area (Å²) < 4.78 is 4.96. The summed E-state index contributed by atoms with van der Waals surface area (Å²) in [6.07, 6.45) is 0.271. The van der Waals surface area contributed by atoms with Crippen LogP contribution in [-0.2, 0) is 4.74 Å². The van der Waals surface area contributed by atoms with Gasteiger partial charge in [0.05, 0.1) is 19.1 Å². The van der Waals surface area contributed by atoms with Crippen LogP contribution in [0.3, 0.4) is 0 Å². The Hall–Kier alpha value is -2.26. The van der Waals surface area contributed by atoms with Crippen molar-refractivity contribution in [1.29, 1.82) is 5.26 Å². The molecule has 4 N–H and O–H groups in total. The maximum atomic E-state index is 12.3. The lowest BCUT2D eigenvalue weighted by molar-refractivity contribution is 0.0700. The molecule has 6 heteroatoms. The van der Waals surface area contributed by atoms with E-state index >= 15 is 0 Å². The first-order chi connectivity index (χ1) is 9.08. The lowest BCUT2D eigenvalue weighted by Gasteiger charge is -2.21. The van der Waals surface area contributed by atoms with Gasteiger partial charge in [-0.15, -0.1) is 0 Å². The van der Waals surface area contributed by atoms with Crippen LogP contribution in [0.2, 0.25) is 0 Å². The highest BCUT2D eigenvalue weighted by Gasteiger charge is 2.16. The summed E-state index contributed by atoms with van der Waals surface area (Å²) in [6.45, 7) is 1.19. The minimum Gasteiger partial charge on any atom is -0.399 e. The fourth-order valence-corrected chi connectivity index (χ4v) is 1.68. The Morgan fingerprint density at radius 2 is 1.95 bits per heavy atom. The van der Waals surface area contributed by atoms with Crippen molar-refractivity contribution in [2.75, 3.05) is 38.3 Å². The van der Waals surface area contributed by atoms with E-state index in [1.165, 1.54) is 0 Å². The Morgan fingerprint density at radius 3 is 2.47 bits per heavy atom. The van der Waals surface area contributed by atoms with Crippen molar-refractivity contribution >= 4 is 17.3 Å². The fraction of sp³-hybridized carbons (Fsp3) is 0.385. The minimum absolute atomic E-state index is 0.202. The van der Waals surface area contributed by atoms with Gasteiger partial charge in [-0.25, -0.2) is 0 Å². The van der Waals surface area contributed by atoms with Gasteiger partial charge in [0.1, 0.15) is 0 Å². The monoisotopic (exact) mass is 262 g/mol. The highest BCUT2D eigenvalue weighted by molar-refractivity contribution is 5.96. The first kappa shape index (κ1) is 14.8. The van der Waals surface area contributed by atoms with Crippen LogP contribution >= 0.6 is 0 Å². The normalized spacial score (nSPS) is 9.89. The third-order valence-electron chi connectivity index (χ3n) is 2.57. The Labute approximate surface area is 112 Å². The van der Waals surface area contributed by atoms with Gasteiger partial charge >= 0.3 is 0 Å². The molecule has 0 heterocycles. The second kappa shape index (κ2) is 7.24. The molecule has 1 rings (SSSR count). The van der Waals surface area contributed by atoms with E-state index in [0.29, 0.717) is 36.6 Å². The molecule has 1 aromatic rings. The molecule has 0 aliphatic carbocycles. The highest BCUT2D eigenvalue weighted by atomic mass is 16.5. The van der Waals surface area contributed by atoms with E-state index in [1.54, 1.807) is 30.2 Å². The zero-order valence-corrected chi connectivity index (χ0v) is 10.9. The van der Waals surface area contributed by atoms with E-state index in [1.807, 2.05) is 6.07 Å². The third kappa shape index (κ3) is 4.48. The van der Waals surface area contributed by atoms with Gasteiger partial charge in [-0.05, 0) is 18.2 Å². The van der Waals surface area contributed by atoms with Gasteiger partial charge in [-0.1, -0.05) is 0 Å². The molecule has 1 aromatic carbocycles. The number of anilines is 2. The number of carbonyl (C=O) groups excluding carboxylic acids is 1. The maximum Gasteiger partial charge on any atom is 0.254 e. The summed E-state index contributed by atoms with van der Waals surface area (Å²) in [7, 11) is 1.56. The SMILES string of the molecule is COCCN(CCC#N)C(=O)c1cc(N)cc(N)c1. The smallest absolute Gasteiger partial charge is 0.254 e. The number of nitrogen functional groups attached to an aromatic ring is 2. The Kier molecular flexibility index (Phi) is 5.64. The van der Waals surface area contributed by atoms with Gasteiger partial charge < -0.3 is 21.1 Å². The maximum absolute atomic E-state index is 12.3. The van der Waals surface area contributed by atoms with E-state index in [2.05, 4.69) is 0 Å². The number of nitriles is 1. The molecule has 6 nitrogen and oxygen atoms in total. The average molecular weight is 262 g/mol. The van der Waals surface area contributed by atoms with E-state index in [4.69, 9.17) is 21.5 Å². The van der Waals surface area contributed by atoms with Crippen molar-refractivity contribution in [2.24, 2.45) is 0 Å². The van der Waals surface area contributed by atoms with Crippen molar-refractivity contribution in [3.05, 3.63) is 23.8 Å². The van der Waals surface area contributed by atoms with Crippen molar-refractivity contribution in [3.63, 3.8) is 0 Å². The van der Waals surface area contributed by atoms with Crippen LogP contribution < -0.4 is 11.5 Å². The number of nitrogens with two attached hydrogens (primary N) is 2. The van der Waals surface area contributed by atoms with E-state index in [-0.39, 0.29) is 12.3 Å². The lowest BCUT2D eigenvalue weighted by atomic mass is 10.1. The highest BCUT2D eigenvalue weighted by Crippen LogP contribution is 2.15. The number of rotatable bonds is 6. The average Bonchev–Trinajstić information content (AvgIpc) is 2.37. The summed E-state index contributed by atoms with van der Waals surface area (Å²) in [5.74, 6) is -0.202. The molecule has 0 radical (unpaired) electrons. The van der Waals surface area contributed by atoms with Crippen LogP contribution in [-0.4, -0.2) is 37.6 Å². The molecule has 0 aliphatic rings. The standard InChI is InChI=1S/C13H18N4O2/c1-19-6-5-17(4-2-3-14)13(18)10-7-11(15)9-12(16)8-10/h7-9H,2,4-6,15-16H2,1H3. The second-order valence-electron chi connectivity index (χ2n) is 4.08. The molecule has 0 aromatic heterocycles. The first-order valence-electron chi connectivity index (χ1n) is 5.89. The van der Waals surface area contributed by atoms with Gasteiger partial charge in [0, 0.05) is 37.1 Å². The number of hydrogen-bond acceptors (Lipinski definition) is 5. The molecular formula is C13H18N4O2. The molecule has 0 fully saturated rings. The molecular weight excluding hydrogens is 244 g/mol. The predicted molar refractivity (Wildman–Crippen MR) is 73.3 cm³/mol. The molecule has 0 aliphatic heterocycles. The topological polar surface area (TPSA) is 105 Å². The number of ether oxygens (including phenoxy) is 1. The molecule has 1 amide bonds. The predicted octanol–water partition coefficient (Wildman–Crippen LogP) is 0.853. The number of amides is 1. The summed E-state index contributed by atoms with van der Waals surface area (Å²) in [4.78, 5) is 13.9. The molecule has 102 valence electrons. The number of carbonyl (C=O) groups is 1. The van der Waals surface area contributed by atoms with Gasteiger partial charge in [-0.3, -0.25) is 4.79 Å². The van der Waals surface area contributed by atoms with E-state index in [9.17, 15) is 4.79 Å². The molecule has 0 saturated heterocycles. The van der Waals surface area contributed by atoms with Crippen LogP contribution in [0.5, 0.6) is 0 Å². The zero-order valence-electron chi connectivity index (χ0n) is 10.9. The van der Waals surface area contributed by atoms with Crippen LogP contribution in [0.25, 0.3) is 0 Å². The number of methoxy groups -OCH3 is 1. The van der Waals surface area contributed by atoms with Crippen LogP contribution in [0.15, 0.2) is 18.2 Å². The molecule has 0 bridgehead atoms. The molecule has 19 heavy (non-hydrogen) atoms. The Balaban J connectivity index is 2.87. The lowest BCUT2D eigenvalue weighted by Crippen LogP contribution is -2.34. The number of hydrogen-bond donors (Lipinski definition) is 2. The van der Waals surface area contributed by atoms with E-state index < -0.39 is 0 Å². The minimum atomic E-state index is -0.202. The summed E-state index contributed by atoms with van der Waals surface area (Å²) in [5, 5.41) is 8.62. The first-order valence-corrected chi connectivity index (χ1v) is 5.89. The number of nitrogens with zero attached hydrogens (tertiary/aromatic N) is 2. The second-order valence-corrected chi connectivity index (χ2v) is 4.08. The fourth-order valence-electron chi connectivity index (χ4n) is 1.68. The summed E-state index contributed by atoms with van der Waals surface area (Å²) >= 11 is 0. The Morgan fingerprint density at radius 1 is 1.32 bits per heavy atom.